The van der Waals surface area contributed by atoms with Gasteiger partial charge in [-0.15, -0.1) is 0 Å². The Bertz CT molecular complexity index is 955. The van der Waals surface area contributed by atoms with Gasteiger partial charge in [0.15, 0.2) is 4.32 Å². The van der Waals surface area contributed by atoms with Crippen molar-refractivity contribution in [2.45, 2.75) is 0 Å². The first kappa shape index (κ1) is 18.5. The number of rotatable bonds is 4. The standard InChI is InChI=1S/C18H11BrN2O3S2/c19-13-5-1-3-12(11-13)4-2-6-16-17(22)20(18(25)26-16)14-7-9-15(10-8-14)21(23)24/h1-11H/b4-2+,16-6+. The molecule has 3 rings (SSSR count). The first-order valence-electron chi connectivity index (χ1n) is 7.40. The Hall–Kier alpha value is -2.29. The zero-order valence-electron chi connectivity index (χ0n) is 13.2. The number of allylic oxidation sites excluding steroid dienone is 2. The highest BCUT2D eigenvalue weighted by atomic mass is 79.9. The zero-order chi connectivity index (χ0) is 18.7. The highest BCUT2D eigenvalue weighted by Gasteiger charge is 2.33. The lowest BCUT2D eigenvalue weighted by Gasteiger charge is -2.13. The second kappa shape index (κ2) is 7.94. The first-order valence-corrected chi connectivity index (χ1v) is 9.42. The van der Waals surface area contributed by atoms with Crippen LogP contribution in [0.1, 0.15) is 5.56 Å². The summed E-state index contributed by atoms with van der Waals surface area (Å²) in [6, 6.07) is 13.5. The molecule has 2 aromatic rings. The maximum absolute atomic E-state index is 12.6. The summed E-state index contributed by atoms with van der Waals surface area (Å²) in [5, 5.41) is 10.7. The fourth-order valence-electron chi connectivity index (χ4n) is 2.28. The van der Waals surface area contributed by atoms with Crippen LogP contribution in [0.3, 0.4) is 0 Å². The number of anilines is 1. The molecule has 1 aliphatic rings. The predicted molar refractivity (Wildman–Crippen MR) is 112 cm³/mol. The molecule has 0 radical (unpaired) electrons. The van der Waals surface area contributed by atoms with Gasteiger partial charge in [-0.1, -0.05) is 64.2 Å². The summed E-state index contributed by atoms with van der Waals surface area (Å²) >= 11 is 9.90. The van der Waals surface area contributed by atoms with Gasteiger partial charge in [-0.05, 0) is 35.9 Å². The Balaban J connectivity index is 1.79. The minimum atomic E-state index is -0.485. The Kier molecular flexibility index (Phi) is 5.65. The largest absolute Gasteiger partial charge is 0.270 e. The highest BCUT2D eigenvalue weighted by molar-refractivity contribution is 9.10. The van der Waals surface area contributed by atoms with Gasteiger partial charge in [-0.2, -0.15) is 0 Å². The van der Waals surface area contributed by atoms with E-state index in [1.54, 1.807) is 12.2 Å². The van der Waals surface area contributed by atoms with Crippen LogP contribution in [0.25, 0.3) is 6.08 Å². The van der Waals surface area contributed by atoms with Crippen molar-refractivity contribution in [3.05, 3.63) is 85.7 Å². The van der Waals surface area contributed by atoms with Crippen LogP contribution < -0.4 is 4.90 Å². The monoisotopic (exact) mass is 446 g/mol. The maximum Gasteiger partial charge on any atom is 0.270 e. The quantitative estimate of drug-likeness (QED) is 0.275. The molecule has 1 aliphatic heterocycles. The van der Waals surface area contributed by atoms with Gasteiger partial charge in [-0.3, -0.25) is 19.8 Å². The summed E-state index contributed by atoms with van der Waals surface area (Å²) < 4.78 is 1.37. The zero-order valence-corrected chi connectivity index (χ0v) is 16.4. The van der Waals surface area contributed by atoms with E-state index in [0.29, 0.717) is 14.9 Å². The first-order chi connectivity index (χ1) is 12.5. The fourth-order valence-corrected chi connectivity index (χ4v) is 3.95. The molecule has 0 spiro atoms. The minimum Gasteiger partial charge on any atom is -0.268 e. The number of carbonyl (C=O) groups excluding carboxylic acids is 1. The predicted octanol–water partition coefficient (Wildman–Crippen LogP) is 5.32. The molecule has 0 N–H and O–H groups in total. The second-order valence-electron chi connectivity index (χ2n) is 5.23. The Labute approximate surface area is 167 Å². The molecule has 2 aromatic carbocycles. The van der Waals surface area contributed by atoms with E-state index >= 15 is 0 Å². The van der Waals surface area contributed by atoms with E-state index in [4.69, 9.17) is 12.2 Å². The average molecular weight is 447 g/mol. The third-order valence-electron chi connectivity index (χ3n) is 3.50. The van der Waals surface area contributed by atoms with Gasteiger partial charge in [0, 0.05) is 16.6 Å². The summed E-state index contributed by atoms with van der Waals surface area (Å²) in [6.07, 6.45) is 5.40. The van der Waals surface area contributed by atoms with Crippen molar-refractivity contribution in [2.24, 2.45) is 0 Å². The highest BCUT2D eigenvalue weighted by Crippen LogP contribution is 2.35. The van der Waals surface area contributed by atoms with Crippen LogP contribution in [0.15, 0.2) is 70.1 Å². The third-order valence-corrected chi connectivity index (χ3v) is 5.31. The SMILES string of the molecule is O=C1/C(=C\C=C\c2cccc(Br)c2)SC(=S)N1c1ccc([N+](=O)[O-])cc1. The number of nitro groups is 1. The Morgan fingerprint density at radius 1 is 1.19 bits per heavy atom. The van der Waals surface area contributed by atoms with Gasteiger partial charge in [0.25, 0.3) is 11.6 Å². The van der Waals surface area contributed by atoms with Crippen LogP contribution in [-0.2, 0) is 4.79 Å². The number of benzene rings is 2. The molecule has 0 aromatic heterocycles. The molecular formula is C18H11BrN2O3S2. The normalized spacial score (nSPS) is 16.0. The summed E-state index contributed by atoms with van der Waals surface area (Å²) in [5.74, 6) is -0.243. The van der Waals surface area contributed by atoms with Crippen LogP contribution in [0, 0.1) is 10.1 Å². The minimum absolute atomic E-state index is 0.0355. The lowest BCUT2D eigenvalue weighted by Crippen LogP contribution is -2.27. The number of hydrogen-bond acceptors (Lipinski definition) is 5. The van der Waals surface area contributed by atoms with Crippen molar-refractivity contribution in [3.8, 4) is 0 Å². The van der Waals surface area contributed by atoms with Crippen molar-refractivity contribution in [1.82, 2.24) is 0 Å². The molecule has 0 atom stereocenters. The molecule has 5 nitrogen and oxygen atoms in total. The third kappa shape index (κ3) is 4.09. The molecule has 0 saturated carbocycles. The number of halogens is 1. The van der Waals surface area contributed by atoms with E-state index in [1.807, 2.05) is 30.3 Å². The van der Waals surface area contributed by atoms with Crippen molar-refractivity contribution < 1.29 is 9.72 Å². The molecule has 0 unspecified atom stereocenters. The van der Waals surface area contributed by atoms with Crippen LogP contribution >= 0.6 is 39.9 Å². The lowest BCUT2D eigenvalue weighted by atomic mass is 10.2. The number of carbonyl (C=O) groups is 1. The van der Waals surface area contributed by atoms with E-state index < -0.39 is 4.92 Å². The van der Waals surface area contributed by atoms with Gasteiger partial charge in [0.05, 0.1) is 15.5 Å². The molecule has 0 bridgehead atoms. The molecule has 0 aliphatic carbocycles. The van der Waals surface area contributed by atoms with Crippen LogP contribution in [0.4, 0.5) is 11.4 Å². The summed E-state index contributed by atoms with van der Waals surface area (Å²) in [5.41, 5.74) is 1.48. The fraction of sp³-hybridized carbons (Fsp3) is 0. The van der Waals surface area contributed by atoms with Crippen molar-refractivity contribution in [3.63, 3.8) is 0 Å². The molecule has 130 valence electrons. The molecular weight excluding hydrogens is 436 g/mol. The summed E-state index contributed by atoms with van der Waals surface area (Å²) in [6.45, 7) is 0. The van der Waals surface area contributed by atoms with Crippen LogP contribution in [-0.4, -0.2) is 15.2 Å². The van der Waals surface area contributed by atoms with E-state index in [2.05, 4.69) is 15.9 Å². The van der Waals surface area contributed by atoms with Crippen LogP contribution in [0.2, 0.25) is 0 Å². The number of non-ortho nitro benzene ring substituents is 1. The Morgan fingerprint density at radius 2 is 1.92 bits per heavy atom. The van der Waals surface area contributed by atoms with E-state index in [9.17, 15) is 14.9 Å². The van der Waals surface area contributed by atoms with Gasteiger partial charge >= 0.3 is 0 Å². The van der Waals surface area contributed by atoms with Crippen molar-refractivity contribution in [1.29, 1.82) is 0 Å². The van der Waals surface area contributed by atoms with Gasteiger partial charge in [0.2, 0.25) is 0 Å². The molecule has 1 saturated heterocycles. The van der Waals surface area contributed by atoms with E-state index in [1.165, 1.54) is 40.9 Å². The topological polar surface area (TPSA) is 63.5 Å². The Morgan fingerprint density at radius 3 is 2.58 bits per heavy atom. The van der Waals surface area contributed by atoms with E-state index in [0.717, 1.165) is 10.0 Å². The molecule has 1 amide bonds. The smallest absolute Gasteiger partial charge is 0.268 e. The number of thiocarbonyl (C=S) groups is 1. The molecule has 1 heterocycles. The second-order valence-corrected chi connectivity index (χ2v) is 7.82. The van der Waals surface area contributed by atoms with Crippen molar-refractivity contribution in [2.75, 3.05) is 4.90 Å². The number of thioether (sulfide) groups is 1. The molecule has 8 heteroatoms. The number of hydrogen-bond donors (Lipinski definition) is 0. The van der Waals surface area contributed by atoms with Gasteiger partial charge in [0.1, 0.15) is 0 Å². The van der Waals surface area contributed by atoms with Gasteiger partial charge < -0.3 is 0 Å². The maximum atomic E-state index is 12.6. The lowest BCUT2D eigenvalue weighted by molar-refractivity contribution is -0.384. The summed E-state index contributed by atoms with van der Waals surface area (Å²) in [4.78, 5) is 24.7. The number of amides is 1. The number of nitrogens with zero attached hydrogens (tertiary/aromatic N) is 2. The average Bonchev–Trinajstić information content (AvgIpc) is 2.89. The van der Waals surface area contributed by atoms with Crippen LogP contribution in [0.5, 0.6) is 0 Å². The number of nitro benzene ring substituents is 1. The van der Waals surface area contributed by atoms with Crippen molar-refractivity contribution >= 4 is 67.6 Å². The van der Waals surface area contributed by atoms with E-state index in [-0.39, 0.29) is 11.6 Å². The summed E-state index contributed by atoms with van der Waals surface area (Å²) in [7, 11) is 0. The molecule has 1 fully saturated rings. The molecule has 26 heavy (non-hydrogen) atoms. The van der Waals surface area contributed by atoms with Gasteiger partial charge in [-0.25, -0.2) is 0 Å².